The average Bonchev–Trinajstić information content (AvgIpc) is 2.73. The molecule has 0 heterocycles. The van der Waals surface area contributed by atoms with Crippen LogP contribution in [0.25, 0.3) is 0 Å². The molecular formula is C23H32O6. The second-order valence-electron chi connectivity index (χ2n) is 6.73. The Bertz CT molecular complexity index is 648. The number of aliphatic hydroxyl groups is 2. The number of aromatic carboxylic acids is 2. The van der Waals surface area contributed by atoms with E-state index >= 15 is 0 Å². The molecule has 0 aliphatic rings. The number of rotatable bonds is 7. The van der Waals surface area contributed by atoms with Crippen LogP contribution in [-0.4, -0.2) is 44.1 Å². The second-order valence-corrected chi connectivity index (χ2v) is 6.73. The molecule has 0 saturated carbocycles. The fourth-order valence-corrected chi connectivity index (χ4v) is 2.30. The lowest BCUT2D eigenvalue weighted by molar-refractivity contribution is -0.0689. The van der Waals surface area contributed by atoms with Crippen LogP contribution in [0.2, 0.25) is 0 Å². The molecule has 6 heteroatoms. The molecule has 0 aromatic heterocycles. The Morgan fingerprint density at radius 1 is 0.862 bits per heavy atom. The number of carbonyl (C=O) groups is 2. The average molecular weight is 405 g/mol. The van der Waals surface area contributed by atoms with Crippen LogP contribution in [0.5, 0.6) is 0 Å². The molecule has 2 aromatic carbocycles. The van der Waals surface area contributed by atoms with E-state index < -0.39 is 23.6 Å². The first-order valence-electron chi connectivity index (χ1n) is 9.62. The van der Waals surface area contributed by atoms with Gasteiger partial charge < -0.3 is 20.4 Å². The first-order valence-corrected chi connectivity index (χ1v) is 9.62. The lowest BCUT2D eigenvalue weighted by atomic mass is 9.91. The van der Waals surface area contributed by atoms with Gasteiger partial charge in [-0.05, 0) is 44.0 Å². The van der Waals surface area contributed by atoms with E-state index in [1.54, 1.807) is 67.6 Å². The molecule has 0 amide bonds. The Morgan fingerprint density at radius 2 is 1.24 bits per heavy atom. The molecular weight excluding hydrogens is 372 g/mol. The van der Waals surface area contributed by atoms with Crippen LogP contribution < -0.4 is 0 Å². The van der Waals surface area contributed by atoms with Crippen molar-refractivity contribution in [3.63, 3.8) is 0 Å². The number of hydrogen-bond acceptors (Lipinski definition) is 4. The molecule has 4 N–H and O–H groups in total. The van der Waals surface area contributed by atoms with Crippen molar-refractivity contribution in [2.24, 2.45) is 0 Å². The highest BCUT2D eigenvalue weighted by Gasteiger charge is 2.27. The maximum atomic E-state index is 10.2. The summed E-state index contributed by atoms with van der Waals surface area (Å²) in [5, 5.41) is 35.8. The van der Waals surface area contributed by atoms with Gasteiger partial charge in [-0.25, -0.2) is 9.59 Å². The molecule has 2 unspecified atom stereocenters. The smallest absolute Gasteiger partial charge is 0.335 e. The van der Waals surface area contributed by atoms with Gasteiger partial charge in [-0.3, -0.25) is 0 Å². The van der Waals surface area contributed by atoms with Gasteiger partial charge in [0, 0.05) is 0 Å². The Labute approximate surface area is 172 Å². The van der Waals surface area contributed by atoms with Crippen molar-refractivity contribution in [3.8, 4) is 0 Å². The van der Waals surface area contributed by atoms with Gasteiger partial charge in [0.2, 0.25) is 0 Å². The quantitative estimate of drug-likeness (QED) is 0.541. The van der Waals surface area contributed by atoms with E-state index in [0.717, 1.165) is 12.8 Å². The van der Waals surface area contributed by atoms with E-state index in [9.17, 15) is 19.8 Å². The fraction of sp³-hybridized carbons (Fsp3) is 0.391. The molecule has 29 heavy (non-hydrogen) atoms. The molecule has 2 aromatic rings. The van der Waals surface area contributed by atoms with Gasteiger partial charge in [-0.15, -0.1) is 0 Å². The van der Waals surface area contributed by atoms with Crippen LogP contribution in [0.4, 0.5) is 0 Å². The van der Waals surface area contributed by atoms with E-state index in [0.29, 0.717) is 24.0 Å². The molecule has 0 spiro atoms. The van der Waals surface area contributed by atoms with Crippen molar-refractivity contribution in [2.45, 2.75) is 58.2 Å². The topological polar surface area (TPSA) is 115 Å². The number of hydrogen-bond donors (Lipinski definition) is 4. The first-order chi connectivity index (χ1) is 13.7. The first kappa shape index (κ1) is 26.3. The van der Waals surface area contributed by atoms with Crippen LogP contribution in [0.15, 0.2) is 60.7 Å². The minimum atomic E-state index is -0.884. The molecule has 0 bridgehead atoms. The van der Waals surface area contributed by atoms with Gasteiger partial charge in [0.05, 0.1) is 22.8 Å². The number of aliphatic hydroxyl groups excluding tert-OH is 1. The SMILES string of the molecule is CCCCC(C)(O)C(O)CC.O=C(O)c1ccccc1.O=C(O)c1ccccc1. The third-order valence-electron chi connectivity index (χ3n) is 4.18. The highest BCUT2D eigenvalue weighted by molar-refractivity contribution is 5.87. The van der Waals surface area contributed by atoms with E-state index in [1.807, 2.05) is 6.92 Å². The van der Waals surface area contributed by atoms with Crippen molar-refractivity contribution in [2.75, 3.05) is 0 Å². The summed E-state index contributed by atoms with van der Waals surface area (Å²) < 4.78 is 0. The van der Waals surface area contributed by atoms with Crippen LogP contribution >= 0.6 is 0 Å². The van der Waals surface area contributed by atoms with Gasteiger partial charge in [-0.1, -0.05) is 63.1 Å². The second kappa shape index (κ2) is 14.3. The minimum Gasteiger partial charge on any atom is -0.478 e. The molecule has 0 radical (unpaired) electrons. The van der Waals surface area contributed by atoms with Gasteiger partial charge in [0.15, 0.2) is 0 Å². The zero-order chi connectivity index (χ0) is 22.3. The summed E-state index contributed by atoms with van der Waals surface area (Å²) in [6.45, 7) is 5.66. The zero-order valence-electron chi connectivity index (χ0n) is 17.3. The molecule has 2 rings (SSSR count). The number of unbranched alkanes of at least 4 members (excludes halogenated alkanes) is 1. The summed E-state index contributed by atoms with van der Waals surface area (Å²) in [5.41, 5.74) is -0.222. The molecule has 6 nitrogen and oxygen atoms in total. The van der Waals surface area contributed by atoms with Crippen molar-refractivity contribution >= 4 is 11.9 Å². The molecule has 0 aliphatic heterocycles. The Hall–Kier alpha value is -2.70. The summed E-state index contributed by atoms with van der Waals surface area (Å²) in [7, 11) is 0. The summed E-state index contributed by atoms with van der Waals surface area (Å²) in [5.74, 6) is -1.76. The van der Waals surface area contributed by atoms with Crippen molar-refractivity contribution in [1.29, 1.82) is 0 Å². The van der Waals surface area contributed by atoms with Crippen molar-refractivity contribution < 1.29 is 30.0 Å². The molecule has 0 saturated heterocycles. The lowest BCUT2D eigenvalue weighted by Gasteiger charge is -2.28. The molecule has 0 fully saturated rings. The van der Waals surface area contributed by atoms with Gasteiger partial charge in [0.25, 0.3) is 0 Å². The summed E-state index contributed by atoms with van der Waals surface area (Å²) >= 11 is 0. The molecule has 160 valence electrons. The fourth-order valence-electron chi connectivity index (χ4n) is 2.30. The Morgan fingerprint density at radius 3 is 1.48 bits per heavy atom. The highest BCUT2D eigenvalue weighted by Crippen LogP contribution is 2.19. The highest BCUT2D eigenvalue weighted by atomic mass is 16.4. The minimum absolute atomic E-state index is 0.331. The van der Waals surface area contributed by atoms with Crippen LogP contribution in [-0.2, 0) is 0 Å². The van der Waals surface area contributed by atoms with E-state index in [2.05, 4.69) is 6.92 Å². The van der Waals surface area contributed by atoms with Crippen LogP contribution in [0, 0.1) is 0 Å². The van der Waals surface area contributed by atoms with Gasteiger partial charge in [0.1, 0.15) is 0 Å². The third kappa shape index (κ3) is 11.7. The van der Waals surface area contributed by atoms with Crippen LogP contribution in [0.3, 0.4) is 0 Å². The summed E-state index contributed by atoms with van der Waals surface area (Å²) in [4.78, 5) is 20.4. The van der Waals surface area contributed by atoms with Crippen LogP contribution in [0.1, 0.15) is 67.2 Å². The summed E-state index contributed by atoms with van der Waals surface area (Å²) in [6.07, 6.45) is 2.78. The lowest BCUT2D eigenvalue weighted by Crippen LogP contribution is -2.38. The summed E-state index contributed by atoms with van der Waals surface area (Å²) in [6, 6.07) is 16.6. The van der Waals surface area contributed by atoms with E-state index in [1.165, 1.54) is 0 Å². The normalized spacial score (nSPS) is 12.9. The van der Waals surface area contributed by atoms with Gasteiger partial charge in [-0.2, -0.15) is 0 Å². The Kier molecular flexibility index (Phi) is 13.0. The number of carboxylic acid groups (broad SMARTS) is 2. The third-order valence-corrected chi connectivity index (χ3v) is 4.18. The number of benzene rings is 2. The number of carboxylic acids is 2. The monoisotopic (exact) mass is 404 g/mol. The largest absolute Gasteiger partial charge is 0.478 e. The maximum Gasteiger partial charge on any atom is 0.335 e. The predicted octanol–water partition coefficient (Wildman–Crippen LogP) is 4.47. The maximum absolute atomic E-state index is 10.2. The van der Waals surface area contributed by atoms with E-state index in [-0.39, 0.29) is 0 Å². The standard InChI is InChI=1S/C9H20O2.2C7H6O2/c1-4-6-7-9(3,11)8(10)5-2;2*8-7(9)6-4-2-1-3-5-6/h8,10-11H,4-7H2,1-3H3;2*1-5H,(H,8,9). The predicted molar refractivity (Wildman–Crippen MR) is 113 cm³/mol. The van der Waals surface area contributed by atoms with Gasteiger partial charge >= 0.3 is 11.9 Å². The Balaban J connectivity index is 0.000000408. The molecule has 2 atom stereocenters. The van der Waals surface area contributed by atoms with E-state index in [4.69, 9.17) is 10.2 Å². The van der Waals surface area contributed by atoms with Crippen molar-refractivity contribution in [1.82, 2.24) is 0 Å². The van der Waals surface area contributed by atoms with Crippen molar-refractivity contribution in [3.05, 3.63) is 71.8 Å². The molecule has 0 aliphatic carbocycles. The zero-order valence-corrected chi connectivity index (χ0v) is 17.3.